The maximum absolute atomic E-state index is 13.6. The van der Waals surface area contributed by atoms with Gasteiger partial charge in [0.1, 0.15) is 5.75 Å². The van der Waals surface area contributed by atoms with Crippen LogP contribution in [0.4, 0.5) is 0 Å². The molecule has 1 aliphatic carbocycles. The highest BCUT2D eigenvalue weighted by molar-refractivity contribution is 6.08. The van der Waals surface area contributed by atoms with E-state index in [1.54, 1.807) is 0 Å². The molecule has 0 amide bonds. The Kier molecular flexibility index (Phi) is 6.29. The second-order valence-corrected chi connectivity index (χ2v) is 11.4. The minimum absolute atomic E-state index is 0.187. The zero-order valence-corrected chi connectivity index (χ0v) is 20.3. The first-order valence-electron chi connectivity index (χ1n) is 10.9. The zero-order valence-electron chi connectivity index (χ0n) is 20.3. The van der Waals surface area contributed by atoms with Crippen LogP contribution in [0.3, 0.4) is 0 Å². The number of ketones is 1. The van der Waals surface area contributed by atoms with Crippen LogP contribution in [0.25, 0.3) is 5.57 Å². The van der Waals surface area contributed by atoms with Gasteiger partial charge in [0.05, 0.1) is 5.92 Å². The van der Waals surface area contributed by atoms with Crippen molar-refractivity contribution in [1.29, 1.82) is 0 Å². The van der Waals surface area contributed by atoms with Crippen LogP contribution in [-0.4, -0.2) is 10.9 Å². The van der Waals surface area contributed by atoms with Crippen molar-refractivity contribution in [2.24, 2.45) is 17.3 Å². The first-order chi connectivity index (χ1) is 13.1. The lowest BCUT2D eigenvalue weighted by atomic mass is 9.65. The monoisotopic (exact) mass is 396 g/mol. The highest BCUT2D eigenvalue weighted by Crippen LogP contribution is 2.47. The lowest BCUT2D eigenvalue weighted by Gasteiger charge is -2.37. The van der Waals surface area contributed by atoms with Crippen molar-refractivity contribution in [2.75, 3.05) is 0 Å². The van der Waals surface area contributed by atoms with E-state index in [1.807, 2.05) is 0 Å². The Balaban J connectivity index is 2.90. The molecule has 0 fully saturated rings. The fraction of sp³-hybridized carbons (Fsp3) is 0.593. The van der Waals surface area contributed by atoms with Crippen molar-refractivity contribution in [3.63, 3.8) is 0 Å². The number of Topliss-reactive ketones (excluding diaryl/α,β-unsaturated/α-hetero) is 1. The number of phenolic OH excluding ortho intramolecular Hbond substituents is 1. The molecule has 1 aliphatic rings. The number of hydrogen-bond acceptors (Lipinski definition) is 2. The summed E-state index contributed by atoms with van der Waals surface area (Å²) in [6.45, 7) is 23.4. The van der Waals surface area contributed by atoms with Crippen LogP contribution in [0.5, 0.6) is 5.75 Å². The third kappa shape index (κ3) is 4.52. The maximum atomic E-state index is 13.6. The fourth-order valence-corrected chi connectivity index (χ4v) is 4.40. The van der Waals surface area contributed by atoms with Gasteiger partial charge in [0.15, 0.2) is 5.78 Å². The first kappa shape index (κ1) is 23.4. The van der Waals surface area contributed by atoms with E-state index in [0.717, 1.165) is 33.4 Å². The smallest absolute Gasteiger partial charge is 0.167 e. The normalized spacial score (nSPS) is 18.7. The molecule has 2 nitrogen and oxygen atoms in total. The quantitative estimate of drug-likeness (QED) is 0.577. The Labute approximate surface area is 178 Å². The molecule has 2 rings (SSSR count). The molecule has 0 aliphatic heterocycles. The molecule has 0 spiro atoms. The lowest BCUT2D eigenvalue weighted by molar-refractivity contribution is -0.120. The van der Waals surface area contributed by atoms with Crippen molar-refractivity contribution in [3.05, 3.63) is 46.0 Å². The largest absolute Gasteiger partial charge is 0.507 e. The van der Waals surface area contributed by atoms with Crippen molar-refractivity contribution >= 4 is 11.4 Å². The Hall–Kier alpha value is -1.83. The zero-order chi connectivity index (χ0) is 22.5. The number of carbonyl (C=O) groups excluding carboxylic acids is 1. The van der Waals surface area contributed by atoms with E-state index in [4.69, 9.17) is 0 Å². The van der Waals surface area contributed by atoms with Crippen LogP contribution in [0, 0.1) is 17.3 Å². The van der Waals surface area contributed by atoms with Gasteiger partial charge in [-0.15, -0.1) is 0 Å². The lowest BCUT2D eigenvalue weighted by Crippen LogP contribution is -2.34. The number of rotatable bonds is 3. The summed E-state index contributed by atoms with van der Waals surface area (Å²) in [6.07, 6.45) is 2.09. The summed E-state index contributed by atoms with van der Waals surface area (Å²) in [5.74, 6) is 0.848. The van der Waals surface area contributed by atoms with Crippen molar-refractivity contribution in [1.82, 2.24) is 0 Å². The molecule has 0 aromatic heterocycles. The van der Waals surface area contributed by atoms with E-state index >= 15 is 0 Å². The summed E-state index contributed by atoms with van der Waals surface area (Å²) in [6, 6.07) is 4.22. The Morgan fingerprint density at radius 3 is 1.90 bits per heavy atom. The van der Waals surface area contributed by atoms with Gasteiger partial charge in [0.25, 0.3) is 0 Å². The maximum Gasteiger partial charge on any atom is 0.167 e. The fourth-order valence-electron chi connectivity index (χ4n) is 4.40. The van der Waals surface area contributed by atoms with Crippen LogP contribution < -0.4 is 0 Å². The van der Waals surface area contributed by atoms with E-state index in [9.17, 15) is 9.90 Å². The molecule has 0 saturated carbocycles. The first-order valence-corrected chi connectivity index (χ1v) is 10.9. The Morgan fingerprint density at radius 2 is 1.48 bits per heavy atom. The third-order valence-corrected chi connectivity index (χ3v) is 6.00. The van der Waals surface area contributed by atoms with E-state index in [2.05, 4.69) is 94.4 Å². The Morgan fingerprint density at radius 1 is 0.931 bits per heavy atom. The summed E-state index contributed by atoms with van der Waals surface area (Å²) in [7, 11) is 0. The molecule has 1 unspecified atom stereocenters. The van der Waals surface area contributed by atoms with Gasteiger partial charge in [-0.25, -0.2) is 0 Å². The highest BCUT2D eigenvalue weighted by Gasteiger charge is 2.40. The van der Waals surface area contributed by atoms with Gasteiger partial charge in [0, 0.05) is 5.56 Å². The SMILES string of the molecule is CC1=C(c2cc(C(C)C)c(O)c(C(C)(C)C)c2)C(C(C)(C)C)C(=O)C(C(C)C)=C1. The van der Waals surface area contributed by atoms with Crippen LogP contribution in [-0.2, 0) is 10.2 Å². The van der Waals surface area contributed by atoms with Crippen molar-refractivity contribution in [3.8, 4) is 5.75 Å². The number of phenols is 1. The summed E-state index contributed by atoms with van der Waals surface area (Å²) < 4.78 is 0. The van der Waals surface area contributed by atoms with E-state index in [-0.39, 0.29) is 34.4 Å². The molecule has 160 valence electrons. The summed E-state index contributed by atoms with van der Waals surface area (Å²) >= 11 is 0. The third-order valence-electron chi connectivity index (χ3n) is 6.00. The molecule has 1 aromatic rings. The van der Waals surface area contributed by atoms with Gasteiger partial charge in [-0.05, 0) is 69.6 Å². The van der Waals surface area contributed by atoms with Crippen LogP contribution in [0.1, 0.15) is 98.8 Å². The van der Waals surface area contributed by atoms with Gasteiger partial charge in [0.2, 0.25) is 0 Å². The molecular weight excluding hydrogens is 356 g/mol. The van der Waals surface area contributed by atoms with Gasteiger partial charge >= 0.3 is 0 Å². The number of aromatic hydroxyl groups is 1. The summed E-state index contributed by atoms with van der Waals surface area (Å²) in [5.41, 5.74) is 5.77. The molecule has 2 heteroatoms. The Bertz CT molecular complexity index is 865. The minimum atomic E-state index is -0.195. The van der Waals surface area contributed by atoms with Crippen LogP contribution in [0.15, 0.2) is 29.4 Å². The molecule has 1 N–H and O–H groups in total. The predicted octanol–water partition coefficient (Wildman–Crippen LogP) is 7.41. The van der Waals surface area contributed by atoms with Crippen molar-refractivity contribution in [2.45, 2.75) is 87.5 Å². The van der Waals surface area contributed by atoms with E-state index in [1.165, 1.54) is 0 Å². The minimum Gasteiger partial charge on any atom is -0.507 e. The molecule has 0 saturated heterocycles. The van der Waals surface area contributed by atoms with E-state index in [0.29, 0.717) is 5.75 Å². The van der Waals surface area contributed by atoms with Gasteiger partial charge in [-0.2, -0.15) is 0 Å². The molecule has 1 aromatic carbocycles. The molecule has 0 radical (unpaired) electrons. The highest BCUT2D eigenvalue weighted by atomic mass is 16.3. The average Bonchev–Trinajstić information content (AvgIpc) is 2.53. The summed E-state index contributed by atoms with van der Waals surface area (Å²) in [4.78, 5) is 13.6. The van der Waals surface area contributed by atoms with Crippen molar-refractivity contribution < 1.29 is 9.90 Å². The molecule has 0 heterocycles. The second kappa shape index (κ2) is 7.78. The topological polar surface area (TPSA) is 37.3 Å². The standard InChI is InChI=1S/C27H40O2/c1-15(2)19-12-17(5)22(23(25(19)29)27(9,10)11)18-13-20(16(3)4)24(28)21(14-18)26(6,7)8/h12-16,23,28H,1-11H3. The van der Waals surface area contributed by atoms with Crippen LogP contribution in [0.2, 0.25) is 0 Å². The van der Waals surface area contributed by atoms with Gasteiger partial charge in [-0.3, -0.25) is 4.79 Å². The van der Waals surface area contributed by atoms with E-state index < -0.39 is 0 Å². The second-order valence-electron chi connectivity index (χ2n) is 11.4. The van der Waals surface area contributed by atoms with Gasteiger partial charge < -0.3 is 5.11 Å². The summed E-state index contributed by atoms with van der Waals surface area (Å²) in [5, 5.41) is 11.0. The predicted molar refractivity (Wildman–Crippen MR) is 124 cm³/mol. The molecule has 0 bridgehead atoms. The number of hydrogen-bond donors (Lipinski definition) is 1. The van der Waals surface area contributed by atoms with Crippen LogP contribution >= 0.6 is 0 Å². The average molecular weight is 397 g/mol. The molecule has 29 heavy (non-hydrogen) atoms. The number of allylic oxidation sites excluding steroid dienone is 4. The number of benzene rings is 1. The molecule has 1 atom stereocenters. The molecular formula is C27H40O2. The number of carbonyl (C=O) groups is 1. The van der Waals surface area contributed by atoms with Gasteiger partial charge in [-0.1, -0.05) is 75.3 Å².